The van der Waals surface area contributed by atoms with Gasteiger partial charge in [-0.3, -0.25) is 0 Å². The smallest absolute Gasteiger partial charge is 0.337 e. The lowest BCUT2D eigenvalue weighted by Crippen LogP contribution is -2.09. The minimum absolute atomic E-state index is 0.0505. The Morgan fingerprint density at radius 2 is 2.07 bits per heavy atom. The van der Waals surface area contributed by atoms with E-state index in [4.69, 9.17) is 16.7 Å². The number of alkyl halides is 2. The Kier molecular flexibility index (Phi) is 2.76. The van der Waals surface area contributed by atoms with Crippen molar-refractivity contribution in [2.75, 3.05) is 0 Å². The van der Waals surface area contributed by atoms with E-state index in [9.17, 15) is 13.6 Å². The van der Waals surface area contributed by atoms with Gasteiger partial charge in [-0.05, 0) is 12.1 Å². The van der Waals surface area contributed by atoms with Crippen LogP contribution >= 0.6 is 11.6 Å². The lowest BCUT2D eigenvalue weighted by molar-refractivity contribution is 0.0174. The van der Waals surface area contributed by atoms with Crippen molar-refractivity contribution >= 4 is 17.6 Å². The van der Waals surface area contributed by atoms with Crippen molar-refractivity contribution in [3.63, 3.8) is 0 Å². The molecule has 0 bridgehead atoms. The van der Waals surface area contributed by atoms with Crippen LogP contribution in [-0.4, -0.2) is 11.1 Å². The topological polar surface area (TPSA) is 37.3 Å². The van der Waals surface area contributed by atoms with Crippen LogP contribution in [0.5, 0.6) is 0 Å². The summed E-state index contributed by atoms with van der Waals surface area (Å²) in [6.07, 6.45) is 0. The summed E-state index contributed by atoms with van der Waals surface area (Å²) < 4.78 is 25.6. The number of carbonyl (C=O) groups is 1. The Bertz CT molecular complexity index is 372. The van der Waals surface area contributed by atoms with Crippen LogP contribution in [0.25, 0.3) is 0 Å². The molecule has 0 unspecified atom stereocenters. The van der Waals surface area contributed by atoms with Crippen LogP contribution in [-0.2, 0) is 5.92 Å². The molecule has 0 radical (unpaired) electrons. The maximum absolute atomic E-state index is 12.8. The zero-order chi connectivity index (χ0) is 10.9. The zero-order valence-electron chi connectivity index (χ0n) is 7.22. The predicted molar refractivity (Wildman–Crippen MR) is 48.0 cm³/mol. The number of hydrogen-bond donors (Lipinski definition) is 1. The first-order valence-electron chi connectivity index (χ1n) is 3.73. The highest BCUT2D eigenvalue weighted by Crippen LogP contribution is 2.29. The van der Waals surface area contributed by atoms with Gasteiger partial charge < -0.3 is 5.11 Å². The van der Waals surface area contributed by atoms with Gasteiger partial charge in [-0.15, -0.1) is 0 Å². The van der Waals surface area contributed by atoms with Crippen LogP contribution in [0, 0.1) is 0 Å². The van der Waals surface area contributed by atoms with Crippen molar-refractivity contribution < 1.29 is 18.7 Å². The minimum Gasteiger partial charge on any atom is -0.478 e. The molecular formula is C9H7ClF2O2. The Balaban J connectivity index is 3.27. The third kappa shape index (κ3) is 2.20. The van der Waals surface area contributed by atoms with E-state index in [2.05, 4.69) is 0 Å². The highest BCUT2D eigenvalue weighted by Gasteiger charge is 2.25. The molecule has 0 saturated heterocycles. The fraction of sp³-hybridized carbons (Fsp3) is 0.222. The summed E-state index contributed by atoms with van der Waals surface area (Å²) in [6, 6.07) is 3.14. The fourth-order valence-electron chi connectivity index (χ4n) is 0.962. The van der Waals surface area contributed by atoms with Gasteiger partial charge in [0.05, 0.1) is 10.6 Å². The van der Waals surface area contributed by atoms with E-state index in [0.717, 1.165) is 18.2 Å². The van der Waals surface area contributed by atoms with Gasteiger partial charge >= 0.3 is 5.97 Å². The summed E-state index contributed by atoms with van der Waals surface area (Å²) >= 11 is 5.52. The second kappa shape index (κ2) is 3.53. The monoisotopic (exact) mass is 220 g/mol. The zero-order valence-corrected chi connectivity index (χ0v) is 7.98. The number of carboxylic acid groups (broad SMARTS) is 1. The molecule has 0 heterocycles. The molecule has 0 spiro atoms. The lowest BCUT2D eigenvalue weighted by atomic mass is 10.1. The second-order valence-corrected chi connectivity index (χ2v) is 3.30. The van der Waals surface area contributed by atoms with Crippen molar-refractivity contribution in [1.82, 2.24) is 0 Å². The molecular weight excluding hydrogens is 214 g/mol. The maximum atomic E-state index is 12.8. The summed E-state index contributed by atoms with van der Waals surface area (Å²) in [6.45, 7) is 0.696. The highest BCUT2D eigenvalue weighted by atomic mass is 35.5. The quantitative estimate of drug-likeness (QED) is 0.831. The third-order valence-electron chi connectivity index (χ3n) is 1.70. The Labute approximate surface area is 84.1 Å². The number of halogens is 3. The van der Waals surface area contributed by atoms with Crippen LogP contribution in [0.4, 0.5) is 8.78 Å². The fourth-order valence-corrected chi connectivity index (χ4v) is 1.16. The van der Waals surface area contributed by atoms with Gasteiger partial charge in [0.2, 0.25) is 0 Å². The average Bonchev–Trinajstić information content (AvgIpc) is 2.02. The first-order valence-corrected chi connectivity index (χ1v) is 4.11. The molecule has 0 aliphatic carbocycles. The van der Waals surface area contributed by atoms with Gasteiger partial charge in [-0.25, -0.2) is 13.6 Å². The van der Waals surface area contributed by atoms with Gasteiger partial charge in [0.1, 0.15) is 0 Å². The van der Waals surface area contributed by atoms with Gasteiger partial charge in [0.25, 0.3) is 5.92 Å². The Morgan fingerprint density at radius 3 is 2.50 bits per heavy atom. The van der Waals surface area contributed by atoms with E-state index >= 15 is 0 Å². The molecule has 0 amide bonds. The Hall–Kier alpha value is -1.16. The first kappa shape index (κ1) is 10.9. The van der Waals surface area contributed by atoms with E-state index in [-0.39, 0.29) is 16.1 Å². The Morgan fingerprint density at radius 1 is 1.50 bits per heavy atom. The second-order valence-electron chi connectivity index (χ2n) is 2.89. The molecule has 1 aromatic rings. The van der Waals surface area contributed by atoms with Crippen molar-refractivity contribution in [3.8, 4) is 0 Å². The van der Waals surface area contributed by atoms with Crippen LogP contribution in [0.2, 0.25) is 5.02 Å². The number of aromatic carboxylic acids is 1. The van der Waals surface area contributed by atoms with Crippen molar-refractivity contribution in [3.05, 3.63) is 34.3 Å². The molecule has 5 heteroatoms. The lowest BCUT2D eigenvalue weighted by Gasteiger charge is -2.11. The van der Waals surface area contributed by atoms with E-state index in [1.54, 1.807) is 0 Å². The minimum atomic E-state index is -3.06. The normalized spacial score (nSPS) is 11.4. The number of hydrogen-bond acceptors (Lipinski definition) is 1. The van der Waals surface area contributed by atoms with Gasteiger partial charge in [0.15, 0.2) is 0 Å². The molecule has 0 aliphatic heterocycles. The molecule has 76 valence electrons. The average molecular weight is 221 g/mol. The molecule has 2 nitrogen and oxygen atoms in total. The largest absolute Gasteiger partial charge is 0.478 e. The standard InChI is InChI=1S/C9H7ClF2O2/c1-9(11,12)5-2-3-7(10)6(4-5)8(13)14/h2-4H,1H3,(H,13,14). The summed E-state index contributed by atoms with van der Waals surface area (Å²) in [5.41, 5.74) is -0.676. The van der Waals surface area contributed by atoms with Crippen LogP contribution in [0.3, 0.4) is 0 Å². The van der Waals surface area contributed by atoms with Crippen LogP contribution < -0.4 is 0 Å². The number of rotatable bonds is 2. The first-order chi connectivity index (χ1) is 6.32. The van der Waals surface area contributed by atoms with Crippen LogP contribution in [0.1, 0.15) is 22.8 Å². The summed E-state index contributed by atoms with van der Waals surface area (Å²) in [4.78, 5) is 10.6. The highest BCUT2D eigenvalue weighted by molar-refractivity contribution is 6.33. The van der Waals surface area contributed by atoms with Gasteiger partial charge in [0, 0.05) is 12.5 Å². The van der Waals surface area contributed by atoms with E-state index in [1.807, 2.05) is 0 Å². The van der Waals surface area contributed by atoms with Crippen molar-refractivity contribution in [2.45, 2.75) is 12.8 Å². The molecule has 0 saturated carbocycles. The summed E-state index contributed by atoms with van der Waals surface area (Å²) in [5.74, 6) is -4.38. The number of benzene rings is 1. The predicted octanol–water partition coefficient (Wildman–Crippen LogP) is 3.15. The van der Waals surface area contributed by atoms with Crippen molar-refractivity contribution in [1.29, 1.82) is 0 Å². The van der Waals surface area contributed by atoms with E-state index in [0.29, 0.717) is 6.92 Å². The van der Waals surface area contributed by atoms with E-state index < -0.39 is 11.9 Å². The molecule has 1 rings (SSSR count). The molecule has 14 heavy (non-hydrogen) atoms. The molecule has 0 fully saturated rings. The molecule has 1 aromatic carbocycles. The molecule has 0 aromatic heterocycles. The van der Waals surface area contributed by atoms with Gasteiger partial charge in [-0.2, -0.15) is 0 Å². The third-order valence-corrected chi connectivity index (χ3v) is 2.03. The maximum Gasteiger partial charge on any atom is 0.337 e. The molecule has 1 N–H and O–H groups in total. The van der Waals surface area contributed by atoms with Crippen molar-refractivity contribution in [2.24, 2.45) is 0 Å². The summed E-state index contributed by atoms with van der Waals surface area (Å²) in [5, 5.41) is 8.58. The molecule has 0 aliphatic rings. The number of carboxylic acids is 1. The van der Waals surface area contributed by atoms with Crippen LogP contribution in [0.15, 0.2) is 18.2 Å². The molecule has 0 atom stereocenters. The van der Waals surface area contributed by atoms with E-state index in [1.165, 1.54) is 0 Å². The SMILES string of the molecule is CC(F)(F)c1ccc(Cl)c(C(=O)O)c1. The summed E-state index contributed by atoms with van der Waals surface area (Å²) in [7, 11) is 0. The van der Waals surface area contributed by atoms with Gasteiger partial charge in [-0.1, -0.05) is 17.7 Å².